The summed E-state index contributed by atoms with van der Waals surface area (Å²) < 4.78 is 12.1. The van der Waals surface area contributed by atoms with E-state index in [0.29, 0.717) is 19.3 Å². The Labute approximate surface area is 181 Å². The van der Waals surface area contributed by atoms with E-state index in [4.69, 9.17) is 14.9 Å². The topological polar surface area (TPSA) is 114 Å². The van der Waals surface area contributed by atoms with E-state index in [2.05, 4.69) is 18.2 Å². The maximum Gasteiger partial charge on any atom is 0.214 e. The van der Waals surface area contributed by atoms with E-state index in [1.54, 1.807) is 6.92 Å². The van der Waals surface area contributed by atoms with Gasteiger partial charge in [0.25, 0.3) is 0 Å². The van der Waals surface area contributed by atoms with Crippen molar-refractivity contribution in [2.45, 2.75) is 38.1 Å². The molecule has 0 amide bonds. The first-order valence-corrected chi connectivity index (χ1v) is 10.2. The highest BCUT2D eigenvalue weighted by molar-refractivity contribution is 5.89. The zero-order valence-corrected chi connectivity index (χ0v) is 17.2. The molecule has 1 N–H and O–H groups in total. The van der Waals surface area contributed by atoms with Gasteiger partial charge in [-0.2, -0.15) is 15.8 Å². The Kier molecular flexibility index (Phi) is 5.02. The third-order valence-corrected chi connectivity index (χ3v) is 6.65. The van der Waals surface area contributed by atoms with Crippen LogP contribution < -0.4 is 0 Å². The Morgan fingerprint density at radius 1 is 0.903 bits per heavy atom. The van der Waals surface area contributed by atoms with Crippen LogP contribution in [0.15, 0.2) is 60.7 Å². The van der Waals surface area contributed by atoms with Crippen LogP contribution >= 0.6 is 0 Å². The molecule has 0 spiro atoms. The number of benzene rings is 2. The molecule has 2 aromatic carbocycles. The van der Waals surface area contributed by atoms with Gasteiger partial charge < -0.3 is 9.47 Å². The number of nitrogens with one attached hydrogen (secondary N) is 1. The van der Waals surface area contributed by atoms with E-state index in [-0.39, 0.29) is 5.90 Å². The molecule has 2 bridgehead atoms. The molecule has 4 rings (SSSR count). The lowest BCUT2D eigenvalue weighted by molar-refractivity contribution is -0.270. The van der Waals surface area contributed by atoms with Crippen LogP contribution in [-0.4, -0.2) is 17.8 Å². The summed E-state index contributed by atoms with van der Waals surface area (Å²) in [5.74, 6) is -2.31. The van der Waals surface area contributed by atoms with Crippen molar-refractivity contribution in [3.63, 3.8) is 0 Å². The fourth-order valence-corrected chi connectivity index (χ4v) is 5.06. The summed E-state index contributed by atoms with van der Waals surface area (Å²) in [4.78, 5) is 0. The van der Waals surface area contributed by atoms with Crippen LogP contribution in [0.2, 0.25) is 0 Å². The second kappa shape index (κ2) is 7.55. The van der Waals surface area contributed by atoms with Crippen molar-refractivity contribution >= 4 is 5.90 Å². The Morgan fingerprint density at radius 2 is 1.48 bits per heavy atom. The summed E-state index contributed by atoms with van der Waals surface area (Å²) in [6, 6.07) is 25.6. The highest BCUT2D eigenvalue weighted by Gasteiger charge is 2.78. The molecule has 6 heteroatoms. The molecule has 154 valence electrons. The van der Waals surface area contributed by atoms with Crippen molar-refractivity contribution in [1.82, 2.24) is 0 Å². The largest absolute Gasteiger partial charge is 0.448 e. The Morgan fingerprint density at radius 3 is 2.03 bits per heavy atom. The normalized spacial score (nSPS) is 30.5. The van der Waals surface area contributed by atoms with E-state index >= 15 is 0 Å². The van der Waals surface area contributed by atoms with Crippen LogP contribution in [0.5, 0.6) is 0 Å². The summed E-state index contributed by atoms with van der Waals surface area (Å²) in [5.41, 5.74) is -1.61. The molecular formula is C25H22N4O2. The number of aryl methyl sites for hydroxylation is 1. The van der Waals surface area contributed by atoms with Gasteiger partial charge in [-0.05, 0) is 30.4 Å². The monoisotopic (exact) mass is 410 g/mol. The van der Waals surface area contributed by atoms with E-state index in [0.717, 1.165) is 11.1 Å². The van der Waals surface area contributed by atoms with Crippen molar-refractivity contribution < 1.29 is 9.47 Å². The number of fused-ring (bicyclic) bond motifs is 2. The lowest BCUT2D eigenvalue weighted by Gasteiger charge is -2.48. The first-order chi connectivity index (χ1) is 15.0. The van der Waals surface area contributed by atoms with Gasteiger partial charge >= 0.3 is 0 Å². The number of nitrogens with zero attached hydrogens (tertiary/aromatic N) is 3. The van der Waals surface area contributed by atoms with Gasteiger partial charge in [0.05, 0.1) is 30.2 Å². The Bertz CT molecular complexity index is 1100. The molecule has 0 radical (unpaired) electrons. The molecule has 6 nitrogen and oxygen atoms in total. The van der Waals surface area contributed by atoms with Crippen LogP contribution in [0, 0.1) is 56.2 Å². The minimum atomic E-state index is -1.86. The molecule has 4 atom stereocenters. The molecule has 2 saturated heterocycles. The van der Waals surface area contributed by atoms with Gasteiger partial charge in [0.1, 0.15) is 0 Å². The summed E-state index contributed by atoms with van der Waals surface area (Å²) in [5, 5.41) is 39.5. The van der Waals surface area contributed by atoms with Gasteiger partial charge in [0.15, 0.2) is 10.8 Å². The molecule has 0 aromatic heterocycles. The zero-order valence-electron chi connectivity index (χ0n) is 17.2. The van der Waals surface area contributed by atoms with Crippen molar-refractivity contribution in [1.29, 1.82) is 21.2 Å². The molecule has 2 aromatic rings. The summed E-state index contributed by atoms with van der Waals surface area (Å²) in [6.45, 7) is 1.71. The Balaban J connectivity index is 1.78. The SMILES string of the molecule is CC12OC(=N)C(C#N)(C1Cc1ccccc1)C(C#N)(C#N)C(CCc1ccccc1)O2. The molecule has 2 aliphatic rings. The molecule has 4 unspecified atom stereocenters. The van der Waals surface area contributed by atoms with E-state index < -0.39 is 28.6 Å². The molecule has 0 saturated carbocycles. The minimum Gasteiger partial charge on any atom is -0.448 e. The van der Waals surface area contributed by atoms with Crippen molar-refractivity contribution in [2.24, 2.45) is 16.7 Å². The smallest absolute Gasteiger partial charge is 0.214 e. The molecule has 2 aliphatic heterocycles. The fraction of sp³-hybridized carbons (Fsp3) is 0.360. The summed E-state index contributed by atoms with van der Waals surface area (Å²) in [6.07, 6.45) is 0.412. The molecule has 31 heavy (non-hydrogen) atoms. The average molecular weight is 410 g/mol. The maximum absolute atomic E-state index is 10.4. The first-order valence-electron chi connectivity index (χ1n) is 10.2. The second-order valence-electron chi connectivity index (χ2n) is 8.27. The number of ether oxygens (including phenoxy) is 2. The zero-order chi connectivity index (χ0) is 22.1. The highest BCUT2D eigenvalue weighted by atomic mass is 16.7. The van der Waals surface area contributed by atoms with Crippen LogP contribution in [0.3, 0.4) is 0 Å². The quantitative estimate of drug-likeness (QED) is 0.795. The van der Waals surface area contributed by atoms with Crippen LogP contribution in [0.1, 0.15) is 24.5 Å². The van der Waals surface area contributed by atoms with Crippen molar-refractivity contribution in [3.8, 4) is 18.2 Å². The van der Waals surface area contributed by atoms with Gasteiger partial charge in [-0.25, -0.2) is 0 Å². The van der Waals surface area contributed by atoms with Crippen molar-refractivity contribution in [3.05, 3.63) is 71.8 Å². The number of rotatable bonds is 5. The maximum atomic E-state index is 10.4. The van der Waals surface area contributed by atoms with Crippen LogP contribution in [-0.2, 0) is 22.3 Å². The van der Waals surface area contributed by atoms with Gasteiger partial charge in [0.2, 0.25) is 11.7 Å². The predicted molar refractivity (Wildman–Crippen MR) is 112 cm³/mol. The molecule has 2 fully saturated rings. The molecular weight excluding hydrogens is 388 g/mol. The predicted octanol–water partition coefficient (Wildman–Crippen LogP) is 4.14. The Hall–Kier alpha value is -3.66. The average Bonchev–Trinajstić information content (AvgIpc) is 2.96. The summed E-state index contributed by atoms with van der Waals surface area (Å²) >= 11 is 0. The number of hydrogen-bond donors (Lipinski definition) is 1. The number of hydrogen-bond acceptors (Lipinski definition) is 6. The molecule has 2 heterocycles. The van der Waals surface area contributed by atoms with Crippen LogP contribution in [0.4, 0.5) is 0 Å². The number of nitriles is 3. The van der Waals surface area contributed by atoms with Gasteiger partial charge in [0, 0.05) is 6.92 Å². The van der Waals surface area contributed by atoms with Gasteiger partial charge in [-0.3, -0.25) is 5.41 Å². The standard InChI is InChI=1S/C25H22N4O2/c1-23-20(14-19-10-6-3-7-11-19)25(17-28,22(29)31-23)24(15-26,16-27)21(30-23)13-12-18-8-4-2-5-9-18/h2-11,20-21,29H,12-14H2,1H3. The fourth-order valence-electron chi connectivity index (χ4n) is 5.06. The van der Waals surface area contributed by atoms with E-state index in [1.165, 1.54) is 0 Å². The lowest BCUT2D eigenvalue weighted by atomic mass is 9.53. The molecule has 0 aliphatic carbocycles. The highest BCUT2D eigenvalue weighted by Crippen LogP contribution is 2.63. The van der Waals surface area contributed by atoms with Crippen LogP contribution in [0.25, 0.3) is 0 Å². The second-order valence-corrected chi connectivity index (χ2v) is 8.27. The van der Waals surface area contributed by atoms with Gasteiger partial charge in [-0.15, -0.1) is 0 Å². The minimum absolute atomic E-state index is 0.351. The van der Waals surface area contributed by atoms with E-state index in [9.17, 15) is 15.8 Å². The summed E-state index contributed by atoms with van der Waals surface area (Å²) in [7, 11) is 0. The van der Waals surface area contributed by atoms with E-state index in [1.807, 2.05) is 60.7 Å². The lowest BCUT2D eigenvalue weighted by Crippen LogP contribution is -2.62. The third-order valence-electron chi connectivity index (χ3n) is 6.65. The van der Waals surface area contributed by atoms with Crippen molar-refractivity contribution in [2.75, 3.05) is 0 Å². The first kappa shape index (κ1) is 20.6. The van der Waals surface area contributed by atoms with Gasteiger partial charge in [-0.1, -0.05) is 60.7 Å². The third kappa shape index (κ3) is 2.90.